The predicted octanol–water partition coefficient (Wildman–Crippen LogP) is 2.68. The van der Waals surface area contributed by atoms with Gasteiger partial charge in [0, 0.05) is 6.07 Å². The number of carbonyl (C=O) groups is 1. The van der Waals surface area contributed by atoms with Crippen LogP contribution in [0.4, 0.5) is 4.39 Å². The Morgan fingerprint density at radius 1 is 1.06 bits per heavy atom. The average Bonchev–Trinajstić information content (AvgIpc) is 3.21. The third-order valence-electron chi connectivity index (χ3n) is 4.57. The number of aromatic nitrogens is 4. The van der Waals surface area contributed by atoms with Crippen LogP contribution in [0.15, 0.2) is 60.7 Å². The fourth-order valence-corrected chi connectivity index (χ4v) is 3.07. The number of amides is 1. The SMILES string of the molecule is COc1ccccc1-c1nnc2ccc(OCCNC(=O)Cc3ccccc3F)nn12. The van der Waals surface area contributed by atoms with Crippen molar-refractivity contribution in [3.8, 4) is 23.0 Å². The molecule has 0 spiro atoms. The first-order chi connectivity index (χ1) is 15.2. The number of rotatable bonds is 8. The Hall–Kier alpha value is -4.01. The Morgan fingerprint density at radius 2 is 1.87 bits per heavy atom. The summed E-state index contributed by atoms with van der Waals surface area (Å²) in [5.74, 6) is 0.853. The van der Waals surface area contributed by atoms with Crippen molar-refractivity contribution in [1.82, 2.24) is 25.1 Å². The van der Waals surface area contributed by atoms with Crippen molar-refractivity contribution in [1.29, 1.82) is 0 Å². The Kier molecular flexibility index (Phi) is 6.02. The number of ether oxygens (including phenoxy) is 2. The highest BCUT2D eigenvalue weighted by Gasteiger charge is 2.14. The van der Waals surface area contributed by atoms with Gasteiger partial charge in [-0.15, -0.1) is 15.3 Å². The van der Waals surface area contributed by atoms with Gasteiger partial charge in [0.15, 0.2) is 11.5 Å². The van der Waals surface area contributed by atoms with Crippen molar-refractivity contribution in [2.45, 2.75) is 6.42 Å². The quantitative estimate of drug-likeness (QED) is 0.440. The van der Waals surface area contributed by atoms with Gasteiger partial charge in [-0.3, -0.25) is 4.79 Å². The Balaban J connectivity index is 1.38. The summed E-state index contributed by atoms with van der Waals surface area (Å²) in [7, 11) is 1.59. The lowest BCUT2D eigenvalue weighted by Gasteiger charge is -2.09. The highest BCUT2D eigenvalue weighted by molar-refractivity contribution is 5.78. The Labute approximate surface area is 177 Å². The van der Waals surface area contributed by atoms with E-state index >= 15 is 0 Å². The summed E-state index contributed by atoms with van der Waals surface area (Å²) < 4.78 is 26.2. The van der Waals surface area contributed by atoms with Gasteiger partial charge in [-0.25, -0.2) is 4.39 Å². The molecule has 0 bridgehead atoms. The summed E-state index contributed by atoms with van der Waals surface area (Å²) in [5.41, 5.74) is 1.67. The van der Waals surface area contributed by atoms with Gasteiger partial charge in [0.1, 0.15) is 18.2 Å². The zero-order valence-corrected chi connectivity index (χ0v) is 16.8. The van der Waals surface area contributed by atoms with Crippen LogP contribution in [0.5, 0.6) is 11.6 Å². The van der Waals surface area contributed by atoms with Crippen LogP contribution >= 0.6 is 0 Å². The summed E-state index contributed by atoms with van der Waals surface area (Å²) in [6.07, 6.45) is -0.0279. The molecular formula is C22H20FN5O3. The van der Waals surface area contributed by atoms with Crippen molar-refractivity contribution in [3.63, 3.8) is 0 Å². The normalized spacial score (nSPS) is 10.8. The first-order valence-electron chi connectivity index (χ1n) is 9.64. The first-order valence-corrected chi connectivity index (χ1v) is 9.64. The van der Waals surface area contributed by atoms with Crippen molar-refractivity contribution in [3.05, 3.63) is 72.0 Å². The van der Waals surface area contributed by atoms with Gasteiger partial charge in [-0.05, 0) is 29.8 Å². The largest absolute Gasteiger partial charge is 0.496 e. The molecule has 4 aromatic rings. The molecule has 2 aromatic heterocycles. The van der Waals surface area contributed by atoms with Crippen LogP contribution in [0.25, 0.3) is 17.0 Å². The molecule has 31 heavy (non-hydrogen) atoms. The highest BCUT2D eigenvalue weighted by Crippen LogP contribution is 2.28. The molecule has 0 saturated carbocycles. The van der Waals surface area contributed by atoms with Gasteiger partial charge in [-0.2, -0.15) is 4.52 Å². The predicted molar refractivity (Wildman–Crippen MR) is 111 cm³/mol. The number of halogens is 1. The molecule has 2 heterocycles. The van der Waals surface area contributed by atoms with E-state index in [1.807, 2.05) is 24.3 Å². The molecule has 158 valence electrons. The van der Waals surface area contributed by atoms with Gasteiger partial charge in [0.2, 0.25) is 11.8 Å². The molecule has 9 heteroatoms. The van der Waals surface area contributed by atoms with Crippen LogP contribution < -0.4 is 14.8 Å². The van der Waals surface area contributed by atoms with Crippen LogP contribution in [0, 0.1) is 5.82 Å². The van der Waals surface area contributed by atoms with Crippen LogP contribution in [0.1, 0.15) is 5.56 Å². The lowest BCUT2D eigenvalue weighted by atomic mass is 10.1. The number of carbonyl (C=O) groups excluding carboxylic acids is 1. The molecule has 0 aliphatic heterocycles. The molecular weight excluding hydrogens is 401 g/mol. The van der Waals surface area contributed by atoms with Gasteiger partial charge in [0.05, 0.1) is 25.6 Å². The van der Waals surface area contributed by atoms with Crippen LogP contribution in [-0.4, -0.2) is 46.0 Å². The second-order valence-electron chi connectivity index (χ2n) is 6.63. The third-order valence-corrected chi connectivity index (χ3v) is 4.57. The average molecular weight is 421 g/mol. The number of benzene rings is 2. The number of para-hydroxylation sites is 1. The van der Waals surface area contributed by atoms with Crippen LogP contribution in [-0.2, 0) is 11.2 Å². The number of methoxy groups -OCH3 is 1. The number of hydrogen-bond acceptors (Lipinski definition) is 6. The number of nitrogens with one attached hydrogen (secondary N) is 1. The maximum Gasteiger partial charge on any atom is 0.231 e. The summed E-state index contributed by atoms with van der Waals surface area (Å²) >= 11 is 0. The minimum atomic E-state index is -0.397. The standard InChI is InChI=1S/C22H20FN5O3/c1-30-18-9-5-3-7-16(18)22-26-25-19-10-11-21(27-28(19)22)31-13-12-24-20(29)14-15-6-2-4-8-17(15)23/h2-11H,12-14H2,1H3,(H,24,29). The van der Waals surface area contributed by atoms with Crippen molar-refractivity contribution in [2.75, 3.05) is 20.3 Å². The molecule has 0 radical (unpaired) electrons. The highest BCUT2D eigenvalue weighted by atomic mass is 19.1. The van der Waals surface area contributed by atoms with E-state index in [1.165, 1.54) is 6.07 Å². The summed E-state index contributed by atoms with van der Waals surface area (Å²) in [5, 5.41) is 15.5. The molecule has 2 aromatic carbocycles. The number of nitrogens with zero attached hydrogens (tertiary/aromatic N) is 4. The summed E-state index contributed by atoms with van der Waals surface area (Å²) in [6, 6.07) is 17.1. The van der Waals surface area contributed by atoms with E-state index in [0.717, 1.165) is 5.56 Å². The molecule has 0 unspecified atom stereocenters. The molecule has 1 amide bonds. The number of fused-ring (bicyclic) bond motifs is 1. The smallest absolute Gasteiger partial charge is 0.231 e. The van der Waals surface area contributed by atoms with Crippen molar-refractivity contribution >= 4 is 11.6 Å². The van der Waals surface area contributed by atoms with E-state index in [4.69, 9.17) is 9.47 Å². The summed E-state index contributed by atoms with van der Waals surface area (Å²) in [6.45, 7) is 0.460. The molecule has 4 rings (SSSR count). The molecule has 0 fully saturated rings. The van der Waals surface area contributed by atoms with Gasteiger partial charge < -0.3 is 14.8 Å². The van der Waals surface area contributed by atoms with E-state index in [-0.39, 0.29) is 25.5 Å². The summed E-state index contributed by atoms with van der Waals surface area (Å²) in [4.78, 5) is 12.0. The lowest BCUT2D eigenvalue weighted by molar-refractivity contribution is -0.120. The second-order valence-corrected chi connectivity index (χ2v) is 6.63. The molecule has 0 aliphatic rings. The van der Waals surface area contributed by atoms with Gasteiger partial charge >= 0.3 is 0 Å². The Bertz CT molecular complexity index is 1210. The van der Waals surface area contributed by atoms with Crippen LogP contribution in [0.3, 0.4) is 0 Å². The molecule has 0 atom stereocenters. The fraction of sp³-hybridized carbons (Fsp3) is 0.182. The first kappa shape index (κ1) is 20.3. The number of hydrogen-bond donors (Lipinski definition) is 1. The zero-order chi connectivity index (χ0) is 21.6. The maximum atomic E-state index is 13.6. The van der Waals surface area contributed by atoms with Crippen molar-refractivity contribution < 1.29 is 18.7 Å². The minimum absolute atomic E-state index is 0.0279. The van der Waals surface area contributed by atoms with Crippen molar-refractivity contribution in [2.24, 2.45) is 0 Å². The molecule has 0 aliphatic carbocycles. The van der Waals surface area contributed by atoms with E-state index in [9.17, 15) is 9.18 Å². The maximum absolute atomic E-state index is 13.6. The van der Waals surface area contributed by atoms with E-state index in [2.05, 4.69) is 20.6 Å². The minimum Gasteiger partial charge on any atom is -0.496 e. The second kappa shape index (κ2) is 9.21. The van der Waals surface area contributed by atoms with Crippen LogP contribution in [0.2, 0.25) is 0 Å². The van der Waals surface area contributed by atoms with E-state index in [0.29, 0.717) is 28.7 Å². The molecule has 8 nitrogen and oxygen atoms in total. The molecule has 0 saturated heterocycles. The Morgan fingerprint density at radius 3 is 2.71 bits per heavy atom. The zero-order valence-electron chi connectivity index (χ0n) is 16.8. The van der Waals surface area contributed by atoms with E-state index < -0.39 is 5.82 Å². The fourth-order valence-electron chi connectivity index (χ4n) is 3.07. The van der Waals surface area contributed by atoms with E-state index in [1.54, 1.807) is 42.0 Å². The van der Waals surface area contributed by atoms with Gasteiger partial charge in [-0.1, -0.05) is 30.3 Å². The monoisotopic (exact) mass is 421 g/mol. The lowest BCUT2D eigenvalue weighted by Crippen LogP contribution is -2.29. The topological polar surface area (TPSA) is 90.6 Å². The third kappa shape index (κ3) is 4.61. The molecule has 1 N–H and O–H groups in total. The van der Waals surface area contributed by atoms with Gasteiger partial charge in [0.25, 0.3) is 0 Å².